The lowest BCUT2D eigenvalue weighted by molar-refractivity contribution is 0.724. The molecule has 12 heavy (non-hydrogen) atoms. The lowest BCUT2D eigenvalue weighted by Crippen LogP contribution is -2.15. The minimum absolute atomic E-state index is 0.197. The molecular formula is C9H10BrNS. The smallest absolute Gasteiger partial charge is 0.0427 e. The Morgan fingerprint density at radius 1 is 1.50 bits per heavy atom. The first-order chi connectivity index (χ1) is 5.68. The van der Waals surface area contributed by atoms with Crippen molar-refractivity contribution in [2.75, 3.05) is 0 Å². The fraction of sp³-hybridized carbons (Fsp3) is 0.333. The fourth-order valence-electron chi connectivity index (χ4n) is 1.41. The number of benzene rings is 1. The number of fused-ring (bicyclic) bond motifs is 1. The van der Waals surface area contributed by atoms with E-state index in [0.29, 0.717) is 5.25 Å². The number of hydrogen-bond acceptors (Lipinski definition) is 2. The molecule has 1 heterocycles. The van der Waals surface area contributed by atoms with E-state index < -0.39 is 0 Å². The van der Waals surface area contributed by atoms with Crippen LogP contribution in [-0.2, 0) is 0 Å². The van der Waals surface area contributed by atoms with Gasteiger partial charge >= 0.3 is 0 Å². The number of rotatable bonds is 0. The average Bonchev–Trinajstić information content (AvgIpc) is 2.31. The molecule has 0 spiro atoms. The van der Waals surface area contributed by atoms with Crippen molar-refractivity contribution in [3.8, 4) is 0 Å². The summed E-state index contributed by atoms with van der Waals surface area (Å²) in [4.78, 5) is 1.33. The van der Waals surface area contributed by atoms with Crippen LogP contribution in [0.25, 0.3) is 0 Å². The summed E-state index contributed by atoms with van der Waals surface area (Å²) < 4.78 is 1.12. The molecule has 64 valence electrons. The van der Waals surface area contributed by atoms with Crippen molar-refractivity contribution in [1.82, 2.24) is 0 Å². The minimum Gasteiger partial charge on any atom is -0.323 e. The zero-order valence-corrected chi connectivity index (χ0v) is 9.15. The molecule has 1 aromatic carbocycles. The molecule has 0 aromatic heterocycles. The van der Waals surface area contributed by atoms with E-state index in [1.165, 1.54) is 10.5 Å². The van der Waals surface area contributed by atoms with Gasteiger partial charge in [-0.25, -0.2) is 0 Å². The van der Waals surface area contributed by atoms with Crippen molar-refractivity contribution in [2.45, 2.75) is 23.1 Å². The molecule has 1 aromatic rings. The molecule has 0 aliphatic carbocycles. The van der Waals surface area contributed by atoms with Crippen LogP contribution in [0.1, 0.15) is 18.5 Å². The monoisotopic (exact) mass is 243 g/mol. The summed E-state index contributed by atoms with van der Waals surface area (Å²) in [6.07, 6.45) is 0. The van der Waals surface area contributed by atoms with Gasteiger partial charge in [-0.2, -0.15) is 0 Å². The highest BCUT2D eigenvalue weighted by Crippen LogP contribution is 2.43. The third-order valence-electron chi connectivity index (χ3n) is 2.15. The van der Waals surface area contributed by atoms with Gasteiger partial charge in [0.05, 0.1) is 0 Å². The Labute approximate surface area is 84.9 Å². The molecule has 0 amide bonds. The van der Waals surface area contributed by atoms with Crippen LogP contribution < -0.4 is 5.73 Å². The van der Waals surface area contributed by atoms with Crippen molar-refractivity contribution >= 4 is 27.7 Å². The van der Waals surface area contributed by atoms with Crippen molar-refractivity contribution in [1.29, 1.82) is 0 Å². The third kappa shape index (κ3) is 1.30. The lowest BCUT2D eigenvalue weighted by atomic mass is 10.1. The van der Waals surface area contributed by atoms with Gasteiger partial charge in [0.2, 0.25) is 0 Å². The Morgan fingerprint density at radius 3 is 3.00 bits per heavy atom. The van der Waals surface area contributed by atoms with Crippen LogP contribution in [0.5, 0.6) is 0 Å². The highest BCUT2D eigenvalue weighted by atomic mass is 79.9. The van der Waals surface area contributed by atoms with Gasteiger partial charge in [0.15, 0.2) is 0 Å². The molecule has 0 saturated heterocycles. The summed E-state index contributed by atoms with van der Waals surface area (Å²) in [5.74, 6) is 0. The van der Waals surface area contributed by atoms with Crippen LogP contribution in [0.15, 0.2) is 27.6 Å². The number of thioether (sulfide) groups is 1. The SMILES string of the molecule is CC1Sc2ccc(Br)cc2C1N. The van der Waals surface area contributed by atoms with Gasteiger partial charge in [-0.3, -0.25) is 0 Å². The van der Waals surface area contributed by atoms with E-state index in [0.717, 1.165) is 4.47 Å². The molecule has 0 radical (unpaired) electrons. The Bertz CT molecular complexity index is 313. The van der Waals surface area contributed by atoms with Gasteiger partial charge in [0.25, 0.3) is 0 Å². The van der Waals surface area contributed by atoms with Gasteiger partial charge in [-0.05, 0) is 23.8 Å². The first-order valence-corrected chi connectivity index (χ1v) is 5.57. The Hall–Kier alpha value is 0.01000. The van der Waals surface area contributed by atoms with E-state index >= 15 is 0 Å². The summed E-state index contributed by atoms with van der Waals surface area (Å²) in [6, 6.07) is 6.52. The van der Waals surface area contributed by atoms with E-state index in [1.54, 1.807) is 0 Å². The van der Waals surface area contributed by atoms with E-state index in [9.17, 15) is 0 Å². The summed E-state index contributed by atoms with van der Waals surface area (Å²) in [6.45, 7) is 2.17. The molecule has 1 aliphatic rings. The predicted octanol–water partition coefficient (Wildman–Crippen LogP) is 2.94. The Balaban J connectivity index is 2.48. The van der Waals surface area contributed by atoms with Gasteiger partial charge in [-0.1, -0.05) is 22.9 Å². The molecule has 2 N–H and O–H groups in total. The predicted molar refractivity (Wildman–Crippen MR) is 56.4 cm³/mol. The van der Waals surface area contributed by atoms with Crippen molar-refractivity contribution < 1.29 is 0 Å². The maximum atomic E-state index is 6.02. The van der Waals surface area contributed by atoms with Gasteiger partial charge in [0, 0.05) is 20.7 Å². The van der Waals surface area contributed by atoms with E-state index in [2.05, 4.69) is 41.1 Å². The maximum Gasteiger partial charge on any atom is 0.0427 e. The van der Waals surface area contributed by atoms with Crippen LogP contribution >= 0.6 is 27.7 Å². The van der Waals surface area contributed by atoms with Crippen LogP contribution in [0.2, 0.25) is 0 Å². The summed E-state index contributed by atoms with van der Waals surface area (Å²) in [5.41, 5.74) is 7.30. The molecule has 1 nitrogen and oxygen atoms in total. The van der Waals surface area contributed by atoms with Crippen LogP contribution in [0.4, 0.5) is 0 Å². The molecule has 2 rings (SSSR count). The zero-order chi connectivity index (χ0) is 8.72. The molecule has 0 fully saturated rings. The molecule has 2 atom stereocenters. The quantitative estimate of drug-likeness (QED) is 0.759. The van der Waals surface area contributed by atoms with Gasteiger partial charge in [-0.15, -0.1) is 11.8 Å². The van der Waals surface area contributed by atoms with Gasteiger partial charge in [0.1, 0.15) is 0 Å². The molecule has 0 saturated carbocycles. The second-order valence-corrected chi connectivity index (χ2v) is 5.37. The Morgan fingerprint density at radius 2 is 2.25 bits per heavy atom. The van der Waals surface area contributed by atoms with Crippen molar-refractivity contribution in [2.24, 2.45) is 5.73 Å². The summed E-state index contributed by atoms with van der Waals surface area (Å²) in [7, 11) is 0. The van der Waals surface area contributed by atoms with Crippen molar-refractivity contribution in [3.63, 3.8) is 0 Å². The minimum atomic E-state index is 0.197. The molecule has 1 aliphatic heterocycles. The number of nitrogens with two attached hydrogens (primary N) is 1. The summed E-state index contributed by atoms with van der Waals surface area (Å²) >= 11 is 5.31. The van der Waals surface area contributed by atoms with Crippen LogP contribution in [0, 0.1) is 0 Å². The van der Waals surface area contributed by atoms with E-state index in [-0.39, 0.29) is 6.04 Å². The second-order valence-electron chi connectivity index (χ2n) is 3.03. The second kappa shape index (κ2) is 3.05. The van der Waals surface area contributed by atoms with E-state index in [4.69, 9.17) is 5.73 Å². The first kappa shape index (κ1) is 8.60. The highest BCUT2D eigenvalue weighted by Gasteiger charge is 2.26. The van der Waals surface area contributed by atoms with Gasteiger partial charge < -0.3 is 5.73 Å². The zero-order valence-electron chi connectivity index (χ0n) is 6.75. The first-order valence-electron chi connectivity index (χ1n) is 3.90. The molecular weight excluding hydrogens is 234 g/mol. The average molecular weight is 244 g/mol. The lowest BCUT2D eigenvalue weighted by Gasteiger charge is -2.07. The third-order valence-corrected chi connectivity index (χ3v) is 3.93. The molecule has 2 unspecified atom stereocenters. The van der Waals surface area contributed by atoms with Crippen LogP contribution in [-0.4, -0.2) is 5.25 Å². The highest BCUT2D eigenvalue weighted by molar-refractivity contribution is 9.10. The normalized spacial score (nSPS) is 27.2. The Kier molecular flexibility index (Phi) is 2.19. The number of hydrogen-bond donors (Lipinski definition) is 1. The number of halogens is 1. The topological polar surface area (TPSA) is 26.0 Å². The largest absolute Gasteiger partial charge is 0.323 e. The molecule has 3 heteroatoms. The maximum absolute atomic E-state index is 6.02. The van der Waals surface area contributed by atoms with E-state index in [1.807, 2.05) is 11.8 Å². The standard InChI is InChI=1S/C9H10BrNS/c1-5-9(11)7-4-6(10)2-3-8(7)12-5/h2-5,9H,11H2,1H3. The van der Waals surface area contributed by atoms with Crippen molar-refractivity contribution in [3.05, 3.63) is 28.2 Å². The fourth-order valence-corrected chi connectivity index (χ4v) is 2.96. The van der Waals surface area contributed by atoms with Crippen LogP contribution in [0.3, 0.4) is 0 Å². The summed E-state index contributed by atoms with van der Waals surface area (Å²) in [5, 5.41) is 0.509. The molecule has 0 bridgehead atoms.